The van der Waals surface area contributed by atoms with E-state index in [0.29, 0.717) is 29.2 Å². The summed E-state index contributed by atoms with van der Waals surface area (Å²) in [6.45, 7) is 2.46. The van der Waals surface area contributed by atoms with E-state index in [4.69, 9.17) is 4.74 Å². The van der Waals surface area contributed by atoms with Crippen LogP contribution < -0.4 is 10.1 Å². The van der Waals surface area contributed by atoms with Gasteiger partial charge in [-0.3, -0.25) is 9.48 Å². The van der Waals surface area contributed by atoms with E-state index in [-0.39, 0.29) is 11.9 Å². The topological polar surface area (TPSA) is 56.2 Å². The van der Waals surface area contributed by atoms with E-state index in [0.717, 1.165) is 25.7 Å². The zero-order valence-electron chi connectivity index (χ0n) is 14.7. The summed E-state index contributed by atoms with van der Waals surface area (Å²) in [5, 5.41) is 7.50. The molecule has 1 fully saturated rings. The minimum absolute atomic E-state index is 0.138. The zero-order chi connectivity index (χ0) is 17.8. The molecule has 5 nitrogen and oxygen atoms in total. The van der Waals surface area contributed by atoms with Crippen molar-refractivity contribution in [3.63, 3.8) is 0 Å². The van der Waals surface area contributed by atoms with Crippen LogP contribution in [0.15, 0.2) is 24.3 Å². The summed E-state index contributed by atoms with van der Waals surface area (Å²) in [7, 11) is 1.49. The Morgan fingerprint density at radius 2 is 2.08 bits per heavy atom. The predicted octanol–water partition coefficient (Wildman–Crippen LogP) is 3.78. The number of nitrogens with one attached hydrogen (secondary N) is 1. The van der Waals surface area contributed by atoms with Gasteiger partial charge in [-0.2, -0.15) is 5.10 Å². The van der Waals surface area contributed by atoms with Crippen molar-refractivity contribution >= 4 is 5.91 Å². The summed E-state index contributed by atoms with van der Waals surface area (Å²) in [4.78, 5) is 12.6. The fourth-order valence-electron chi connectivity index (χ4n) is 3.31. The third-order valence-corrected chi connectivity index (χ3v) is 4.70. The van der Waals surface area contributed by atoms with Gasteiger partial charge in [-0.15, -0.1) is 0 Å². The average molecular weight is 345 g/mol. The molecule has 1 aromatic heterocycles. The van der Waals surface area contributed by atoms with Gasteiger partial charge in [0.25, 0.3) is 5.91 Å². The van der Waals surface area contributed by atoms with Gasteiger partial charge in [0.05, 0.1) is 12.8 Å². The minimum atomic E-state index is -0.417. The molecule has 1 amide bonds. The number of rotatable bonds is 5. The molecule has 1 saturated carbocycles. The van der Waals surface area contributed by atoms with Gasteiger partial charge in [0.15, 0.2) is 0 Å². The molecule has 1 aliphatic rings. The third-order valence-electron chi connectivity index (χ3n) is 4.70. The molecule has 1 heterocycles. The first-order valence-electron chi connectivity index (χ1n) is 8.85. The molecule has 1 aromatic carbocycles. The lowest BCUT2D eigenvalue weighted by Crippen LogP contribution is -2.37. The lowest BCUT2D eigenvalue weighted by atomic mass is 9.95. The Hall–Kier alpha value is -2.37. The summed E-state index contributed by atoms with van der Waals surface area (Å²) in [5.74, 6) is -0.104. The fraction of sp³-hybridized carbons (Fsp3) is 0.474. The highest BCUT2D eigenvalue weighted by Gasteiger charge is 2.21. The van der Waals surface area contributed by atoms with E-state index in [1.54, 1.807) is 22.9 Å². The molecule has 1 N–H and O–H groups in total. The molecule has 134 valence electrons. The van der Waals surface area contributed by atoms with Crippen LogP contribution in [-0.4, -0.2) is 28.8 Å². The summed E-state index contributed by atoms with van der Waals surface area (Å²) in [6, 6.07) is 6.52. The van der Waals surface area contributed by atoms with Crippen LogP contribution in [0.1, 0.15) is 49.5 Å². The summed E-state index contributed by atoms with van der Waals surface area (Å²) < 4.78 is 21.0. The number of hydrogen-bond acceptors (Lipinski definition) is 3. The molecular weight excluding hydrogens is 321 g/mol. The Labute approximate surface area is 147 Å². The first-order chi connectivity index (χ1) is 12.1. The molecule has 0 spiro atoms. The molecule has 0 bridgehead atoms. The van der Waals surface area contributed by atoms with Crippen molar-refractivity contribution in [2.75, 3.05) is 7.11 Å². The second-order valence-electron chi connectivity index (χ2n) is 6.38. The van der Waals surface area contributed by atoms with E-state index < -0.39 is 5.82 Å². The Bertz CT molecular complexity index is 751. The number of benzene rings is 1. The van der Waals surface area contributed by atoms with Crippen molar-refractivity contribution in [2.24, 2.45) is 0 Å². The van der Waals surface area contributed by atoms with Gasteiger partial charge in [-0.25, -0.2) is 4.39 Å². The number of carbonyl (C=O) groups excluding carboxylic acids is 1. The largest absolute Gasteiger partial charge is 0.497 e. The number of carbonyl (C=O) groups is 1. The van der Waals surface area contributed by atoms with Crippen molar-refractivity contribution in [1.82, 2.24) is 15.1 Å². The van der Waals surface area contributed by atoms with E-state index >= 15 is 0 Å². The lowest BCUT2D eigenvalue weighted by Gasteiger charge is -2.22. The second-order valence-corrected chi connectivity index (χ2v) is 6.38. The van der Waals surface area contributed by atoms with Crippen LogP contribution in [0.4, 0.5) is 4.39 Å². The Morgan fingerprint density at radius 1 is 1.32 bits per heavy atom. The van der Waals surface area contributed by atoms with E-state index in [1.807, 2.05) is 6.92 Å². The van der Waals surface area contributed by atoms with Crippen molar-refractivity contribution in [2.45, 2.75) is 51.6 Å². The van der Waals surface area contributed by atoms with Gasteiger partial charge in [-0.05, 0) is 38.0 Å². The van der Waals surface area contributed by atoms with Crippen LogP contribution >= 0.6 is 0 Å². The molecule has 2 aromatic rings. The van der Waals surface area contributed by atoms with Crippen molar-refractivity contribution in [3.8, 4) is 17.0 Å². The quantitative estimate of drug-likeness (QED) is 0.897. The first kappa shape index (κ1) is 17.5. The molecule has 0 radical (unpaired) electrons. The Morgan fingerprint density at radius 3 is 2.72 bits per heavy atom. The number of halogens is 1. The molecular formula is C19H24FN3O2. The second kappa shape index (κ2) is 7.68. The SMILES string of the molecule is CCn1nc(-c2ccc(OC)cc2F)cc1C(=O)NC1CCCCC1. The van der Waals surface area contributed by atoms with Crippen molar-refractivity contribution < 1.29 is 13.9 Å². The minimum Gasteiger partial charge on any atom is -0.497 e. The monoisotopic (exact) mass is 345 g/mol. The number of nitrogens with zero attached hydrogens (tertiary/aromatic N) is 2. The highest BCUT2D eigenvalue weighted by atomic mass is 19.1. The maximum atomic E-state index is 14.3. The summed E-state index contributed by atoms with van der Waals surface area (Å²) in [6.07, 6.45) is 5.58. The maximum Gasteiger partial charge on any atom is 0.269 e. The number of aromatic nitrogens is 2. The Balaban J connectivity index is 1.85. The van der Waals surface area contributed by atoms with E-state index in [1.165, 1.54) is 19.6 Å². The van der Waals surface area contributed by atoms with Gasteiger partial charge in [0.2, 0.25) is 0 Å². The van der Waals surface area contributed by atoms with Crippen LogP contribution in [0.5, 0.6) is 5.75 Å². The van der Waals surface area contributed by atoms with Gasteiger partial charge >= 0.3 is 0 Å². The van der Waals surface area contributed by atoms with E-state index in [9.17, 15) is 9.18 Å². The average Bonchev–Trinajstić information content (AvgIpc) is 3.06. The first-order valence-corrected chi connectivity index (χ1v) is 8.85. The number of methoxy groups -OCH3 is 1. The normalized spacial score (nSPS) is 15.2. The maximum absolute atomic E-state index is 14.3. The number of hydrogen-bond donors (Lipinski definition) is 1. The smallest absolute Gasteiger partial charge is 0.269 e. The van der Waals surface area contributed by atoms with Gasteiger partial charge in [0, 0.05) is 24.2 Å². The third kappa shape index (κ3) is 3.83. The van der Waals surface area contributed by atoms with E-state index in [2.05, 4.69) is 10.4 Å². The molecule has 25 heavy (non-hydrogen) atoms. The van der Waals surface area contributed by atoms with Crippen LogP contribution in [0, 0.1) is 5.82 Å². The fourth-order valence-corrected chi connectivity index (χ4v) is 3.31. The van der Waals surface area contributed by atoms with Crippen molar-refractivity contribution in [1.29, 1.82) is 0 Å². The molecule has 0 aliphatic heterocycles. The summed E-state index contributed by atoms with van der Waals surface area (Å²) >= 11 is 0. The van der Waals surface area contributed by atoms with Gasteiger partial charge in [0.1, 0.15) is 17.3 Å². The zero-order valence-corrected chi connectivity index (χ0v) is 14.7. The number of amides is 1. The molecule has 0 saturated heterocycles. The molecule has 3 rings (SSSR count). The molecule has 0 atom stereocenters. The number of aryl methyl sites for hydroxylation is 1. The van der Waals surface area contributed by atoms with Gasteiger partial charge < -0.3 is 10.1 Å². The highest BCUT2D eigenvalue weighted by molar-refractivity contribution is 5.94. The molecule has 0 unspecified atom stereocenters. The predicted molar refractivity (Wildman–Crippen MR) is 94.2 cm³/mol. The van der Waals surface area contributed by atoms with Crippen LogP contribution in [-0.2, 0) is 6.54 Å². The standard InChI is InChI=1S/C19H24FN3O2/c1-3-23-18(19(24)21-13-7-5-4-6-8-13)12-17(22-23)15-10-9-14(25-2)11-16(15)20/h9-13H,3-8H2,1-2H3,(H,21,24). The molecule has 1 aliphatic carbocycles. The van der Waals surface area contributed by atoms with Gasteiger partial charge in [-0.1, -0.05) is 19.3 Å². The molecule has 6 heteroatoms. The Kier molecular flexibility index (Phi) is 5.36. The van der Waals surface area contributed by atoms with Crippen LogP contribution in [0.25, 0.3) is 11.3 Å². The lowest BCUT2D eigenvalue weighted by molar-refractivity contribution is 0.0917. The number of ether oxygens (including phenoxy) is 1. The van der Waals surface area contributed by atoms with Crippen LogP contribution in [0.3, 0.4) is 0 Å². The highest BCUT2D eigenvalue weighted by Crippen LogP contribution is 2.26. The van der Waals surface area contributed by atoms with Crippen LogP contribution in [0.2, 0.25) is 0 Å². The van der Waals surface area contributed by atoms with Crippen molar-refractivity contribution in [3.05, 3.63) is 35.8 Å². The summed E-state index contributed by atoms with van der Waals surface area (Å²) in [5.41, 5.74) is 1.29.